The van der Waals surface area contributed by atoms with Crippen LogP contribution in [0.1, 0.15) is 25.0 Å². The maximum atomic E-state index is 10.7. The maximum Gasteiger partial charge on any atom is 0.216 e. The summed E-state index contributed by atoms with van der Waals surface area (Å²) in [4.78, 5) is 10.7. The number of ether oxygens (including phenoxy) is 1. The highest BCUT2D eigenvalue weighted by Gasteiger charge is 2.18. The smallest absolute Gasteiger partial charge is 0.216 e. The normalized spacial score (nSPS) is 13.8. The summed E-state index contributed by atoms with van der Waals surface area (Å²) in [6.07, 6.45) is -1.63. The number of aliphatic hydroxyl groups is 2. The number of carbonyl (C=O) groups is 1. The lowest BCUT2D eigenvalue weighted by molar-refractivity contribution is -0.119. The largest absolute Gasteiger partial charge is 0.497 e. The molecule has 1 amide bonds. The Morgan fingerprint density at radius 1 is 1.44 bits per heavy atom. The van der Waals surface area contributed by atoms with Crippen LogP contribution < -0.4 is 10.1 Å². The first kappa shape index (κ1) is 14.5. The fraction of sp³-hybridized carbons (Fsp3) is 0.462. The zero-order valence-electron chi connectivity index (χ0n) is 10.6. The molecule has 0 saturated heterocycles. The number of carbonyl (C=O) groups excluding carboxylic acids is 1. The molecule has 0 saturated carbocycles. The zero-order chi connectivity index (χ0) is 13.5. The average molecular weight is 253 g/mol. The van der Waals surface area contributed by atoms with Gasteiger partial charge in [-0.2, -0.15) is 0 Å². The van der Waals surface area contributed by atoms with Crippen molar-refractivity contribution in [1.82, 2.24) is 5.32 Å². The predicted molar refractivity (Wildman–Crippen MR) is 67.3 cm³/mol. The Kier molecular flexibility index (Phi) is 5.61. The second-order valence-corrected chi connectivity index (χ2v) is 4.06. The van der Waals surface area contributed by atoms with Crippen LogP contribution in [0.15, 0.2) is 24.3 Å². The van der Waals surface area contributed by atoms with Gasteiger partial charge < -0.3 is 20.3 Å². The molecule has 0 aliphatic rings. The fourth-order valence-electron chi connectivity index (χ4n) is 1.60. The minimum atomic E-state index is -0.992. The highest BCUT2D eigenvalue weighted by atomic mass is 16.5. The van der Waals surface area contributed by atoms with Gasteiger partial charge in [-0.15, -0.1) is 0 Å². The van der Waals surface area contributed by atoms with Gasteiger partial charge in [0.15, 0.2) is 0 Å². The van der Waals surface area contributed by atoms with Crippen LogP contribution in [0.3, 0.4) is 0 Å². The van der Waals surface area contributed by atoms with Gasteiger partial charge in [0, 0.05) is 13.5 Å². The van der Waals surface area contributed by atoms with Crippen molar-refractivity contribution in [3.63, 3.8) is 0 Å². The van der Waals surface area contributed by atoms with Gasteiger partial charge in [-0.25, -0.2) is 0 Å². The van der Waals surface area contributed by atoms with Crippen molar-refractivity contribution < 1.29 is 19.7 Å². The zero-order valence-corrected chi connectivity index (χ0v) is 10.6. The van der Waals surface area contributed by atoms with E-state index in [2.05, 4.69) is 5.32 Å². The second-order valence-electron chi connectivity index (χ2n) is 4.06. The summed E-state index contributed by atoms with van der Waals surface area (Å²) in [5, 5.41) is 22.3. The van der Waals surface area contributed by atoms with E-state index >= 15 is 0 Å². The van der Waals surface area contributed by atoms with Crippen LogP contribution in [0, 0.1) is 0 Å². The van der Waals surface area contributed by atoms with Crippen LogP contribution in [0.2, 0.25) is 0 Å². The maximum absolute atomic E-state index is 10.7. The van der Waals surface area contributed by atoms with Crippen molar-refractivity contribution in [2.75, 3.05) is 13.7 Å². The third-order valence-electron chi connectivity index (χ3n) is 2.61. The third-order valence-corrected chi connectivity index (χ3v) is 2.61. The van der Waals surface area contributed by atoms with Crippen molar-refractivity contribution in [2.24, 2.45) is 0 Å². The van der Waals surface area contributed by atoms with Crippen LogP contribution in [-0.4, -0.2) is 35.9 Å². The summed E-state index contributed by atoms with van der Waals surface area (Å²) in [6, 6.07) is 6.90. The van der Waals surface area contributed by atoms with E-state index in [1.54, 1.807) is 31.4 Å². The molecule has 2 unspecified atom stereocenters. The summed E-state index contributed by atoms with van der Waals surface area (Å²) in [5.74, 6) is 0.471. The second kappa shape index (κ2) is 6.98. The molecule has 1 aromatic carbocycles. The van der Waals surface area contributed by atoms with E-state index in [9.17, 15) is 15.0 Å². The SMILES string of the molecule is COc1cccc(C(O)C(O)CCNC(C)=O)c1. The van der Waals surface area contributed by atoms with Crippen LogP contribution in [0.5, 0.6) is 5.75 Å². The average Bonchev–Trinajstić information content (AvgIpc) is 2.37. The first-order chi connectivity index (χ1) is 8.54. The van der Waals surface area contributed by atoms with E-state index in [4.69, 9.17) is 4.74 Å². The molecule has 3 N–H and O–H groups in total. The molecule has 0 aliphatic heterocycles. The van der Waals surface area contributed by atoms with Gasteiger partial charge in [0.25, 0.3) is 0 Å². The highest BCUT2D eigenvalue weighted by Crippen LogP contribution is 2.22. The molecule has 0 aliphatic carbocycles. The number of aliphatic hydroxyl groups excluding tert-OH is 2. The van der Waals surface area contributed by atoms with Crippen molar-refractivity contribution in [1.29, 1.82) is 0 Å². The molecule has 2 atom stereocenters. The molecule has 100 valence electrons. The van der Waals surface area contributed by atoms with Gasteiger partial charge in [0.1, 0.15) is 11.9 Å². The molecule has 1 rings (SSSR count). The topological polar surface area (TPSA) is 78.8 Å². The predicted octanol–water partition coefficient (Wildman–Crippen LogP) is 0.616. The molecule has 0 radical (unpaired) electrons. The Morgan fingerprint density at radius 2 is 2.17 bits per heavy atom. The van der Waals surface area contributed by atoms with Crippen LogP contribution in [-0.2, 0) is 4.79 Å². The Morgan fingerprint density at radius 3 is 2.78 bits per heavy atom. The highest BCUT2D eigenvalue weighted by molar-refractivity contribution is 5.72. The number of nitrogens with one attached hydrogen (secondary N) is 1. The molecule has 5 nitrogen and oxygen atoms in total. The van der Waals surface area contributed by atoms with E-state index in [1.165, 1.54) is 6.92 Å². The van der Waals surface area contributed by atoms with Crippen LogP contribution >= 0.6 is 0 Å². The molecule has 18 heavy (non-hydrogen) atoms. The van der Waals surface area contributed by atoms with Crippen molar-refractivity contribution in [3.8, 4) is 5.75 Å². The lowest BCUT2D eigenvalue weighted by Gasteiger charge is -2.18. The number of rotatable bonds is 6. The number of amides is 1. The van der Waals surface area contributed by atoms with Crippen molar-refractivity contribution >= 4 is 5.91 Å². The molecule has 1 aromatic rings. The summed E-state index contributed by atoms with van der Waals surface area (Å²) in [5.41, 5.74) is 0.588. The minimum absolute atomic E-state index is 0.155. The van der Waals surface area contributed by atoms with E-state index in [1.807, 2.05) is 0 Å². The lowest BCUT2D eigenvalue weighted by atomic mass is 10.0. The van der Waals surface area contributed by atoms with Gasteiger partial charge in [-0.1, -0.05) is 12.1 Å². The summed E-state index contributed by atoms with van der Waals surface area (Å²) in [6.45, 7) is 1.74. The molecular formula is C13H19NO4. The molecule has 0 aromatic heterocycles. The molecule has 5 heteroatoms. The van der Waals surface area contributed by atoms with Crippen molar-refractivity contribution in [2.45, 2.75) is 25.6 Å². The van der Waals surface area contributed by atoms with E-state index < -0.39 is 12.2 Å². The Labute approximate surface area is 106 Å². The summed E-state index contributed by atoms with van der Waals surface area (Å²) >= 11 is 0. The summed E-state index contributed by atoms with van der Waals surface area (Å²) in [7, 11) is 1.54. The quantitative estimate of drug-likeness (QED) is 0.694. The first-order valence-electron chi connectivity index (χ1n) is 5.79. The lowest BCUT2D eigenvalue weighted by Crippen LogP contribution is -2.27. The molecule has 0 heterocycles. The Balaban J connectivity index is 2.56. The van der Waals surface area contributed by atoms with E-state index in [0.717, 1.165) is 0 Å². The van der Waals surface area contributed by atoms with Gasteiger partial charge in [-0.05, 0) is 24.1 Å². The van der Waals surface area contributed by atoms with Gasteiger partial charge in [0.2, 0.25) is 5.91 Å². The molecular weight excluding hydrogens is 234 g/mol. The number of hydrogen-bond acceptors (Lipinski definition) is 4. The number of hydrogen-bond donors (Lipinski definition) is 3. The number of methoxy groups -OCH3 is 1. The van der Waals surface area contributed by atoms with Crippen molar-refractivity contribution in [3.05, 3.63) is 29.8 Å². The van der Waals surface area contributed by atoms with Crippen LogP contribution in [0.25, 0.3) is 0 Å². The first-order valence-corrected chi connectivity index (χ1v) is 5.79. The van der Waals surface area contributed by atoms with E-state index in [0.29, 0.717) is 17.9 Å². The monoisotopic (exact) mass is 253 g/mol. The summed E-state index contributed by atoms with van der Waals surface area (Å²) < 4.78 is 5.05. The third kappa shape index (κ3) is 4.35. The fourth-order valence-corrected chi connectivity index (χ4v) is 1.60. The van der Waals surface area contributed by atoms with Gasteiger partial charge in [-0.3, -0.25) is 4.79 Å². The standard InChI is InChI=1S/C13H19NO4/c1-9(15)14-7-6-12(16)13(17)10-4-3-5-11(8-10)18-2/h3-5,8,12-13,16-17H,6-7H2,1-2H3,(H,14,15). The van der Waals surface area contributed by atoms with Crippen LogP contribution in [0.4, 0.5) is 0 Å². The Bertz CT molecular complexity index is 394. The molecule has 0 spiro atoms. The number of benzene rings is 1. The molecule has 0 bridgehead atoms. The molecule has 0 fully saturated rings. The van der Waals surface area contributed by atoms with Gasteiger partial charge in [0.05, 0.1) is 13.2 Å². The Hall–Kier alpha value is -1.59. The van der Waals surface area contributed by atoms with E-state index in [-0.39, 0.29) is 12.3 Å². The minimum Gasteiger partial charge on any atom is -0.497 e. The van der Waals surface area contributed by atoms with Gasteiger partial charge >= 0.3 is 0 Å².